The maximum absolute atomic E-state index is 8.73. The molecule has 0 saturated carbocycles. The van der Waals surface area contributed by atoms with E-state index in [9.17, 15) is 0 Å². The summed E-state index contributed by atoms with van der Waals surface area (Å²) in [7, 11) is 2.12. The van der Waals surface area contributed by atoms with Crippen molar-refractivity contribution in [2.75, 3.05) is 20.2 Å². The van der Waals surface area contributed by atoms with Gasteiger partial charge in [-0.05, 0) is 38.3 Å². The van der Waals surface area contributed by atoms with Gasteiger partial charge in [0.2, 0.25) is 0 Å². The number of thiophene rings is 1. The van der Waals surface area contributed by atoms with Crippen LogP contribution in [0.15, 0.2) is 17.5 Å². The zero-order valence-corrected chi connectivity index (χ0v) is 9.76. The van der Waals surface area contributed by atoms with Crippen molar-refractivity contribution in [3.63, 3.8) is 0 Å². The minimum Gasteiger partial charge on any atom is -0.396 e. The number of nitrogens with zero attached hydrogens (tertiary/aromatic N) is 1. The fourth-order valence-electron chi connectivity index (χ4n) is 1.42. The second kappa shape index (κ2) is 6.17. The predicted molar refractivity (Wildman–Crippen MR) is 61.8 cm³/mol. The van der Waals surface area contributed by atoms with E-state index in [0.717, 1.165) is 19.4 Å². The van der Waals surface area contributed by atoms with Crippen LogP contribution in [0.5, 0.6) is 0 Å². The van der Waals surface area contributed by atoms with E-state index >= 15 is 0 Å². The lowest BCUT2D eigenvalue weighted by Gasteiger charge is -2.23. The first-order chi connectivity index (χ1) is 6.74. The first-order valence-corrected chi connectivity index (χ1v) is 5.95. The third kappa shape index (κ3) is 3.78. The Morgan fingerprint density at radius 2 is 2.36 bits per heavy atom. The van der Waals surface area contributed by atoms with Crippen molar-refractivity contribution in [2.24, 2.45) is 0 Å². The summed E-state index contributed by atoms with van der Waals surface area (Å²) in [5, 5.41) is 10.8. The van der Waals surface area contributed by atoms with E-state index in [0.29, 0.717) is 6.04 Å². The van der Waals surface area contributed by atoms with Crippen molar-refractivity contribution >= 4 is 11.3 Å². The van der Waals surface area contributed by atoms with Gasteiger partial charge in [0.15, 0.2) is 0 Å². The topological polar surface area (TPSA) is 23.5 Å². The maximum atomic E-state index is 8.73. The van der Waals surface area contributed by atoms with Gasteiger partial charge in [0, 0.05) is 24.1 Å². The van der Waals surface area contributed by atoms with Gasteiger partial charge in [0.25, 0.3) is 0 Å². The monoisotopic (exact) mass is 213 g/mol. The first-order valence-electron chi connectivity index (χ1n) is 5.07. The third-order valence-corrected chi connectivity index (χ3v) is 3.40. The van der Waals surface area contributed by atoms with E-state index < -0.39 is 0 Å². The molecule has 1 rings (SSSR count). The molecule has 0 bridgehead atoms. The number of aliphatic hydroxyl groups is 1. The molecular weight excluding hydrogens is 194 g/mol. The number of likely N-dealkylation sites (N-methyl/N-ethyl adjacent to an activating group) is 1. The SMILES string of the molecule is CC(Cc1cccs1)N(C)CCCO. The van der Waals surface area contributed by atoms with E-state index in [1.54, 1.807) is 0 Å². The Kier molecular flexibility index (Phi) is 5.15. The van der Waals surface area contributed by atoms with Gasteiger partial charge < -0.3 is 10.0 Å². The van der Waals surface area contributed by atoms with Gasteiger partial charge in [-0.2, -0.15) is 0 Å². The molecule has 3 heteroatoms. The van der Waals surface area contributed by atoms with Crippen LogP contribution in [0, 0.1) is 0 Å². The van der Waals surface area contributed by atoms with Crippen LogP contribution in [-0.2, 0) is 6.42 Å². The smallest absolute Gasteiger partial charge is 0.0443 e. The normalized spacial score (nSPS) is 13.4. The molecule has 0 aromatic carbocycles. The second-order valence-electron chi connectivity index (χ2n) is 3.69. The van der Waals surface area contributed by atoms with Gasteiger partial charge in [-0.25, -0.2) is 0 Å². The van der Waals surface area contributed by atoms with Crippen LogP contribution < -0.4 is 0 Å². The molecule has 14 heavy (non-hydrogen) atoms. The molecule has 0 amide bonds. The highest BCUT2D eigenvalue weighted by atomic mass is 32.1. The molecule has 0 radical (unpaired) electrons. The van der Waals surface area contributed by atoms with Crippen molar-refractivity contribution in [3.05, 3.63) is 22.4 Å². The fraction of sp³-hybridized carbons (Fsp3) is 0.636. The number of hydrogen-bond acceptors (Lipinski definition) is 3. The number of hydrogen-bond donors (Lipinski definition) is 1. The molecule has 0 aliphatic heterocycles. The minimum atomic E-state index is 0.288. The second-order valence-corrected chi connectivity index (χ2v) is 4.72. The largest absolute Gasteiger partial charge is 0.396 e. The standard InChI is InChI=1S/C11H19NOS/c1-10(12(2)6-4-7-13)9-11-5-3-8-14-11/h3,5,8,10,13H,4,6-7,9H2,1-2H3. The molecular formula is C11H19NOS. The molecule has 1 N–H and O–H groups in total. The van der Waals surface area contributed by atoms with Crippen LogP contribution in [0.3, 0.4) is 0 Å². The molecule has 0 saturated heterocycles. The number of aliphatic hydroxyl groups excluding tert-OH is 1. The van der Waals surface area contributed by atoms with Crippen LogP contribution in [0.25, 0.3) is 0 Å². The van der Waals surface area contributed by atoms with E-state index in [1.165, 1.54) is 4.88 Å². The van der Waals surface area contributed by atoms with Crippen molar-refractivity contribution in [1.82, 2.24) is 4.90 Å². The Labute approximate surface area is 90.2 Å². The summed E-state index contributed by atoms with van der Waals surface area (Å²) in [5.74, 6) is 0. The zero-order valence-electron chi connectivity index (χ0n) is 8.94. The van der Waals surface area contributed by atoms with E-state index in [4.69, 9.17) is 5.11 Å². The fourth-order valence-corrected chi connectivity index (χ4v) is 2.24. The molecule has 1 heterocycles. The summed E-state index contributed by atoms with van der Waals surface area (Å²) in [4.78, 5) is 3.74. The molecule has 1 aromatic heterocycles. The average molecular weight is 213 g/mol. The minimum absolute atomic E-state index is 0.288. The summed E-state index contributed by atoms with van der Waals surface area (Å²) in [5.41, 5.74) is 0. The highest BCUT2D eigenvalue weighted by Gasteiger charge is 2.09. The van der Waals surface area contributed by atoms with E-state index in [1.807, 2.05) is 11.3 Å². The Morgan fingerprint density at radius 3 is 2.93 bits per heavy atom. The van der Waals surface area contributed by atoms with E-state index in [-0.39, 0.29) is 6.61 Å². The van der Waals surface area contributed by atoms with Crippen LogP contribution in [0.1, 0.15) is 18.2 Å². The lowest BCUT2D eigenvalue weighted by Crippen LogP contribution is -2.31. The molecule has 1 aromatic rings. The molecule has 0 spiro atoms. The van der Waals surface area contributed by atoms with Crippen LogP contribution in [0.2, 0.25) is 0 Å². The first kappa shape index (κ1) is 11.7. The van der Waals surface area contributed by atoms with Crippen LogP contribution >= 0.6 is 11.3 Å². The van der Waals surface area contributed by atoms with Crippen molar-refractivity contribution < 1.29 is 5.11 Å². The number of rotatable bonds is 6. The molecule has 1 atom stereocenters. The summed E-state index contributed by atoms with van der Waals surface area (Å²) in [6.07, 6.45) is 1.98. The molecule has 0 fully saturated rings. The van der Waals surface area contributed by atoms with Gasteiger partial charge in [-0.3, -0.25) is 0 Å². The lowest BCUT2D eigenvalue weighted by molar-refractivity contribution is 0.215. The summed E-state index contributed by atoms with van der Waals surface area (Å²) in [6, 6.07) is 4.83. The van der Waals surface area contributed by atoms with Crippen molar-refractivity contribution in [2.45, 2.75) is 25.8 Å². The van der Waals surface area contributed by atoms with Gasteiger partial charge in [-0.1, -0.05) is 6.07 Å². The highest BCUT2D eigenvalue weighted by Crippen LogP contribution is 2.13. The van der Waals surface area contributed by atoms with Gasteiger partial charge >= 0.3 is 0 Å². The maximum Gasteiger partial charge on any atom is 0.0443 e. The lowest BCUT2D eigenvalue weighted by atomic mass is 10.2. The van der Waals surface area contributed by atoms with Gasteiger partial charge in [-0.15, -0.1) is 11.3 Å². The summed E-state index contributed by atoms with van der Waals surface area (Å²) >= 11 is 1.82. The zero-order chi connectivity index (χ0) is 10.4. The highest BCUT2D eigenvalue weighted by molar-refractivity contribution is 7.09. The molecule has 2 nitrogen and oxygen atoms in total. The van der Waals surface area contributed by atoms with Crippen LogP contribution in [-0.4, -0.2) is 36.2 Å². The molecule has 0 aliphatic carbocycles. The predicted octanol–water partition coefficient (Wildman–Crippen LogP) is 1.99. The van der Waals surface area contributed by atoms with Gasteiger partial charge in [0.05, 0.1) is 0 Å². The summed E-state index contributed by atoms with van der Waals surface area (Å²) < 4.78 is 0. The van der Waals surface area contributed by atoms with E-state index in [2.05, 4.69) is 36.4 Å². The Hall–Kier alpha value is -0.380. The molecule has 1 unspecified atom stereocenters. The third-order valence-electron chi connectivity index (χ3n) is 2.50. The Morgan fingerprint density at radius 1 is 1.57 bits per heavy atom. The average Bonchev–Trinajstić information content (AvgIpc) is 2.66. The Balaban J connectivity index is 2.30. The Bertz CT molecular complexity index is 235. The summed E-state index contributed by atoms with van der Waals surface area (Å²) in [6.45, 7) is 3.50. The quantitative estimate of drug-likeness (QED) is 0.781. The molecule has 0 aliphatic rings. The van der Waals surface area contributed by atoms with Crippen LogP contribution in [0.4, 0.5) is 0 Å². The van der Waals surface area contributed by atoms with Crippen molar-refractivity contribution in [3.8, 4) is 0 Å². The molecule has 80 valence electrons. The van der Waals surface area contributed by atoms with Gasteiger partial charge in [0.1, 0.15) is 0 Å². The van der Waals surface area contributed by atoms with Crippen molar-refractivity contribution in [1.29, 1.82) is 0 Å².